The molecule has 1 N–H and O–H groups in total. The minimum atomic E-state index is -1.18. The summed E-state index contributed by atoms with van der Waals surface area (Å²) < 4.78 is 18.7. The minimum absolute atomic E-state index is 0.326. The molecule has 1 saturated heterocycles. The summed E-state index contributed by atoms with van der Waals surface area (Å²) >= 11 is 0. The molecule has 1 aliphatic carbocycles. The highest BCUT2D eigenvalue weighted by Crippen LogP contribution is 2.65. The molecule has 3 rings (SSSR count). The van der Waals surface area contributed by atoms with Gasteiger partial charge in [-0.3, -0.25) is 9.59 Å². The zero-order valence-corrected chi connectivity index (χ0v) is 12.3. The lowest BCUT2D eigenvalue weighted by molar-refractivity contribution is -0.165. The van der Waals surface area contributed by atoms with Crippen LogP contribution in [0.3, 0.4) is 0 Å². The molecule has 2 fully saturated rings. The van der Waals surface area contributed by atoms with Gasteiger partial charge < -0.3 is 10.1 Å². The lowest BCUT2D eigenvalue weighted by atomic mass is 9.66. The van der Waals surface area contributed by atoms with Gasteiger partial charge in [-0.2, -0.15) is 0 Å². The molecule has 0 radical (unpaired) electrons. The maximum Gasteiger partial charge on any atom is 0.313 e. The molecule has 2 atom stereocenters. The van der Waals surface area contributed by atoms with Crippen LogP contribution in [-0.2, 0) is 14.3 Å². The average molecular weight is 291 g/mol. The van der Waals surface area contributed by atoms with Gasteiger partial charge in [0.05, 0.1) is 5.41 Å². The lowest BCUT2D eigenvalue weighted by Gasteiger charge is -2.35. The number of ether oxygens (including phenoxy) is 1. The van der Waals surface area contributed by atoms with E-state index < -0.39 is 22.2 Å². The number of esters is 1. The molecule has 1 heterocycles. The van der Waals surface area contributed by atoms with E-state index in [0.717, 1.165) is 0 Å². The Morgan fingerprint density at radius 2 is 2.00 bits per heavy atom. The predicted molar refractivity (Wildman–Crippen MR) is 75.0 cm³/mol. The third kappa shape index (κ3) is 1.60. The summed E-state index contributed by atoms with van der Waals surface area (Å²) in [5.74, 6) is -1.13. The molecule has 2 bridgehead atoms. The number of carbonyl (C=O) groups excluding carboxylic acids is 2. The van der Waals surface area contributed by atoms with E-state index in [-0.39, 0.29) is 11.9 Å². The molecule has 1 saturated carbocycles. The molecule has 1 aromatic rings. The van der Waals surface area contributed by atoms with Crippen LogP contribution in [0.5, 0.6) is 0 Å². The van der Waals surface area contributed by atoms with Crippen molar-refractivity contribution in [3.05, 3.63) is 30.1 Å². The van der Waals surface area contributed by atoms with E-state index in [2.05, 4.69) is 5.32 Å². The van der Waals surface area contributed by atoms with Gasteiger partial charge in [-0.1, -0.05) is 19.9 Å². The van der Waals surface area contributed by atoms with Crippen LogP contribution < -0.4 is 5.32 Å². The maximum absolute atomic E-state index is 13.2. The molecule has 1 aromatic carbocycles. The molecular weight excluding hydrogens is 273 g/mol. The van der Waals surface area contributed by atoms with Crippen LogP contribution in [0.2, 0.25) is 0 Å². The number of fused-ring (bicyclic) bond motifs is 2. The van der Waals surface area contributed by atoms with Crippen molar-refractivity contribution in [2.24, 2.45) is 10.8 Å². The molecule has 4 nitrogen and oxygen atoms in total. The molecule has 1 amide bonds. The Morgan fingerprint density at radius 1 is 1.29 bits per heavy atom. The second-order valence-electron chi connectivity index (χ2n) is 6.64. The van der Waals surface area contributed by atoms with Crippen molar-refractivity contribution < 1.29 is 18.7 Å². The van der Waals surface area contributed by atoms with Gasteiger partial charge >= 0.3 is 5.97 Å². The Morgan fingerprint density at radius 3 is 2.52 bits per heavy atom. The topological polar surface area (TPSA) is 55.4 Å². The van der Waals surface area contributed by atoms with Gasteiger partial charge in [-0.15, -0.1) is 0 Å². The quantitative estimate of drug-likeness (QED) is 0.852. The maximum atomic E-state index is 13.2. The van der Waals surface area contributed by atoms with Crippen LogP contribution in [0.15, 0.2) is 24.3 Å². The van der Waals surface area contributed by atoms with Gasteiger partial charge in [0.15, 0.2) is 5.60 Å². The largest absolute Gasteiger partial charge is 0.448 e. The monoisotopic (exact) mass is 291 g/mol. The molecular formula is C16H18FNO3. The van der Waals surface area contributed by atoms with Crippen LogP contribution in [0.4, 0.5) is 10.1 Å². The number of benzene rings is 1. The first-order valence-corrected chi connectivity index (χ1v) is 7.03. The van der Waals surface area contributed by atoms with Gasteiger partial charge in [0.25, 0.3) is 5.91 Å². The van der Waals surface area contributed by atoms with E-state index in [0.29, 0.717) is 18.5 Å². The number of hydrogen-bond donors (Lipinski definition) is 1. The number of rotatable bonds is 2. The van der Waals surface area contributed by atoms with Crippen LogP contribution in [-0.4, -0.2) is 17.5 Å². The highest BCUT2D eigenvalue weighted by Gasteiger charge is 2.75. The van der Waals surface area contributed by atoms with Crippen LogP contribution in [0.25, 0.3) is 0 Å². The fourth-order valence-corrected chi connectivity index (χ4v) is 3.55. The molecule has 112 valence electrons. The summed E-state index contributed by atoms with van der Waals surface area (Å²) in [7, 11) is 0. The first-order valence-electron chi connectivity index (χ1n) is 7.03. The second kappa shape index (κ2) is 4.06. The molecule has 0 spiro atoms. The van der Waals surface area contributed by atoms with E-state index in [9.17, 15) is 14.0 Å². The van der Waals surface area contributed by atoms with Crippen molar-refractivity contribution in [3.63, 3.8) is 0 Å². The SMILES string of the molecule is CC12CCC(C(=O)Nc3cccc(F)c3)(OC1=O)C2(C)C. The van der Waals surface area contributed by atoms with E-state index >= 15 is 0 Å². The van der Waals surface area contributed by atoms with Crippen molar-refractivity contribution >= 4 is 17.6 Å². The highest BCUT2D eigenvalue weighted by atomic mass is 19.1. The smallest absolute Gasteiger partial charge is 0.313 e. The number of hydrogen-bond acceptors (Lipinski definition) is 3. The number of halogens is 1. The zero-order valence-electron chi connectivity index (χ0n) is 12.3. The predicted octanol–water partition coefficient (Wildman–Crippen LogP) is 2.89. The summed E-state index contributed by atoms with van der Waals surface area (Å²) in [6.07, 6.45) is 1.11. The van der Waals surface area contributed by atoms with Crippen molar-refractivity contribution in [2.45, 2.75) is 39.2 Å². The summed E-state index contributed by atoms with van der Waals surface area (Å²) in [5, 5.41) is 2.68. The average Bonchev–Trinajstić information content (AvgIpc) is 2.69. The molecule has 2 aliphatic rings. The number of anilines is 1. The van der Waals surface area contributed by atoms with Crippen molar-refractivity contribution in [2.75, 3.05) is 5.32 Å². The standard InChI is InChI=1S/C16H18FNO3/c1-14(2)15(3)7-8-16(14,21-13(15)20)12(19)18-11-6-4-5-10(17)9-11/h4-6,9H,7-8H2,1-3H3,(H,18,19). The van der Waals surface area contributed by atoms with Gasteiger partial charge in [0.1, 0.15) is 5.82 Å². The van der Waals surface area contributed by atoms with Crippen molar-refractivity contribution in [1.82, 2.24) is 0 Å². The summed E-state index contributed by atoms with van der Waals surface area (Å²) in [5.41, 5.74) is -2.06. The Kier molecular flexibility index (Phi) is 2.71. The summed E-state index contributed by atoms with van der Waals surface area (Å²) in [6.45, 7) is 5.62. The van der Waals surface area contributed by atoms with Crippen LogP contribution >= 0.6 is 0 Å². The van der Waals surface area contributed by atoms with E-state index in [1.165, 1.54) is 18.2 Å². The van der Waals surface area contributed by atoms with E-state index in [1.807, 2.05) is 20.8 Å². The first-order chi connectivity index (χ1) is 9.73. The number of nitrogens with one attached hydrogen (secondary N) is 1. The molecule has 21 heavy (non-hydrogen) atoms. The summed E-state index contributed by atoms with van der Waals surface area (Å²) in [4.78, 5) is 24.8. The summed E-state index contributed by atoms with van der Waals surface area (Å²) in [6, 6.07) is 5.68. The van der Waals surface area contributed by atoms with Gasteiger partial charge in [0.2, 0.25) is 0 Å². The number of amides is 1. The Balaban J connectivity index is 1.93. The van der Waals surface area contributed by atoms with E-state index in [4.69, 9.17) is 4.74 Å². The minimum Gasteiger partial charge on any atom is -0.448 e. The van der Waals surface area contributed by atoms with E-state index in [1.54, 1.807) is 6.07 Å². The number of carbonyl (C=O) groups is 2. The zero-order chi connectivity index (χ0) is 15.5. The first kappa shape index (κ1) is 14.0. The van der Waals surface area contributed by atoms with Crippen molar-refractivity contribution in [3.8, 4) is 0 Å². The second-order valence-corrected chi connectivity index (χ2v) is 6.64. The molecule has 1 aliphatic heterocycles. The van der Waals surface area contributed by atoms with Crippen molar-refractivity contribution in [1.29, 1.82) is 0 Å². The third-order valence-electron chi connectivity index (χ3n) is 5.53. The van der Waals surface area contributed by atoms with Gasteiger partial charge in [-0.05, 0) is 38.0 Å². The third-order valence-corrected chi connectivity index (χ3v) is 5.53. The highest BCUT2D eigenvalue weighted by molar-refractivity contribution is 6.03. The molecule has 2 unspecified atom stereocenters. The molecule has 0 aromatic heterocycles. The fourth-order valence-electron chi connectivity index (χ4n) is 3.55. The Bertz CT molecular complexity index is 642. The fraction of sp³-hybridized carbons (Fsp3) is 0.500. The van der Waals surface area contributed by atoms with Gasteiger partial charge in [-0.25, -0.2) is 4.39 Å². The van der Waals surface area contributed by atoms with Crippen LogP contribution in [0, 0.1) is 16.6 Å². The lowest BCUT2D eigenvalue weighted by Crippen LogP contribution is -2.50. The normalized spacial score (nSPS) is 32.9. The molecule has 5 heteroatoms. The Hall–Kier alpha value is -1.91. The Labute approximate surface area is 122 Å². The van der Waals surface area contributed by atoms with Crippen LogP contribution in [0.1, 0.15) is 33.6 Å². The van der Waals surface area contributed by atoms with Gasteiger partial charge in [0, 0.05) is 11.1 Å².